The normalized spacial score (nSPS) is 11.3. The van der Waals surface area contributed by atoms with Crippen LogP contribution in [0.1, 0.15) is 23.0 Å². The third-order valence-electron chi connectivity index (χ3n) is 5.65. The Hall–Kier alpha value is -5.72. The maximum Gasteiger partial charge on any atom is 0.294 e. The van der Waals surface area contributed by atoms with E-state index in [2.05, 4.69) is 35.8 Å². The molecule has 0 aliphatic rings. The van der Waals surface area contributed by atoms with Gasteiger partial charge in [-0.1, -0.05) is 71.9 Å². The Balaban J connectivity index is 1.45. The molecule has 0 fully saturated rings. The van der Waals surface area contributed by atoms with Gasteiger partial charge >= 0.3 is 0 Å². The Morgan fingerprint density at radius 2 is 1.71 bits per heavy atom. The number of carbonyl (C=O) groups is 1. The number of nitro groups is 1. The fraction of sp³-hybridized carbons (Fsp3) is 0.0400. The summed E-state index contributed by atoms with van der Waals surface area (Å²) in [6.07, 6.45) is 0. The number of hydrogen-bond donors (Lipinski definition) is 2. The molecule has 0 unspecified atom stereocenters. The number of nitrogens with one attached hydrogen (secondary N) is 1. The topological polar surface area (TPSA) is 180 Å². The van der Waals surface area contributed by atoms with E-state index < -0.39 is 10.8 Å². The summed E-state index contributed by atoms with van der Waals surface area (Å²) in [4.78, 5) is 23.9. The summed E-state index contributed by atoms with van der Waals surface area (Å²) < 4.78 is 5.77. The smallest absolute Gasteiger partial charge is 0.294 e. The highest BCUT2D eigenvalue weighted by atomic mass is 16.6. The highest BCUT2D eigenvalue weighted by Crippen LogP contribution is 2.29. The molecular formula is C25H19N9O4. The largest absolute Gasteiger partial charge is 0.378 e. The molecule has 13 nitrogen and oxygen atoms in total. The number of aromatic nitrogens is 5. The first-order valence-electron chi connectivity index (χ1n) is 11.2. The number of hydrazone groups is 1. The molecule has 0 saturated carbocycles. The van der Waals surface area contributed by atoms with Gasteiger partial charge in [0.1, 0.15) is 5.69 Å². The molecule has 13 heteroatoms. The molecule has 0 saturated heterocycles. The second-order valence-electron chi connectivity index (χ2n) is 8.06. The molecule has 0 spiro atoms. The standard InChI is InChI=1S/C25H19N9O4/c1-15(16-10-12-18(13-11-16)17-6-3-2-4-7-17)27-29-25(35)21-22(19-8-5-9-20(14-19)34(36)37)33(32-28-21)24-23(26)30-38-31-24/h2-14H,1H3,(H2,26,30)(H,29,35)/b27-15-. The molecule has 2 heterocycles. The van der Waals surface area contributed by atoms with Crippen LogP contribution >= 0.6 is 0 Å². The van der Waals surface area contributed by atoms with E-state index in [1.165, 1.54) is 18.2 Å². The number of rotatable bonds is 7. The third-order valence-corrected chi connectivity index (χ3v) is 5.65. The molecule has 0 aliphatic heterocycles. The molecule has 188 valence electrons. The number of hydrogen-bond acceptors (Lipinski definition) is 10. The van der Waals surface area contributed by atoms with Gasteiger partial charge in [0, 0.05) is 17.7 Å². The van der Waals surface area contributed by atoms with Crippen molar-refractivity contribution in [3.8, 4) is 28.2 Å². The fourth-order valence-corrected chi connectivity index (χ4v) is 3.73. The van der Waals surface area contributed by atoms with Crippen molar-refractivity contribution in [2.75, 3.05) is 5.73 Å². The molecule has 1 amide bonds. The summed E-state index contributed by atoms with van der Waals surface area (Å²) in [6.45, 7) is 1.75. The maximum atomic E-state index is 13.1. The molecule has 0 atom stereocenters. The van der Waals surface area contributed by atoms with E-state index in [0.717, 1.165) is 21.4 Å². The van der Waals surface area contributed by atoms with Crippen LogP contribution in [0.2, 0.25) is 0 Å². The molecule has 38 heavy (non-hydrogen) atoms. The Morgan fingerprint density at radius 3 is 2.39 bits per heavy atom. The van der Waals surface area contributed by atoms with Gasteiger partial charge in [-0.2, -0.15) is 9.78 Å². The SMILES string of the molecule is C/C(=N/NC(=O)c1nnn(-c2nonc2N)c1-c1cccc([N+](=O)[O-])c1)c1ccc(-c2ccccc2)cc1. The minimum Gasteiger partial charge on any atom is -0.378 e. The zero-order chi connectivity index (χ0) is 26.6. The molecule has 0 bridgehead atoms. The highest BCUT2D eigenvalue weighted by Gasteiger charge is 2.26. The van der Waals surface area contributed by atoms with Crippen LogP contribution in [0.4, 0.5) is 11.5 Å². The van der Waals surface area contributed by atoms with Gasteiger partial charge in [0.25, 0.3) is 11.6 Å². The van der Waals surface area contributed by atoms with Crippen molar-refractivity contribution in [2.45, 2.75) is 6.92 Å². The van der Waals surface area contributed by atoms with E-state index in [1.807, 2.05) is 54.6 Å². The average Bonchev–Trinajstić information content (AvgIpc) is 3.58. The van der Waals surface area contributed by atoms with Crippen LogP contribution in [0.3, 0.4) is 0 Å². The lowest BCUT2D eigenvalue weighted by molar-refractivity contribution is -0.384. The van der Waals surface area contributed by atoms with E-state index in [0.29, 0.717) is 5.71 Å². The second kappa shape index (κ2) is 10.1. The van der Waals surface area contributed by atoms with Gasteiger partial charge in [-0.25, -0.2) is 10.1 Å². The Morgan fingerprint density at radius 1 is 1.00 bits per heavy atom. The second-order valence-corrected chi connectivity index (χ2v) is 8.06. The van der Waals surface area contributed by atoms with E-state index in [-0.39, 0.29) is 34.3 Å². The number of nitrogens with zero attached hydrogens (tertiary/aromatic N) is 7. The lowest BCUT2D eigenvalue weighted by Crippen LogP contribution is -2.21. The molecular weight excluding hydrogens is 490 g/mol. The van der Waals surface area contributed by atoms with Crippen molar-refractivity contribution in [1.82, 2.24) is 30.7 Å². The molecule has 3 aromatic carbocycles. The quantitative estimate of drug-likeness (QED) is 0.188. The zero-order valence-corrected chi connectivity index (χ0v) is 19.8. The first-order valence-corrected chi connectivity index (χ1v) is 11.2. The highest BCUT2D eigenvalue weighted by molar-refractivity contribution is 6.02. The zero-order valence-electron chi connectivity index (χ0n) is 19.8. The van der Waals surface area contributed by atoms with E-state index in [1.54, 1.807) is 13.0 Å². The predicted molar refractivity (Wildman–Crippen MR) is 137 cm³/mol. The van der Waals surface area contributed by atoms with Crippen LogP contribution in [0.25, 0.3) is 28.2 Å². The van der Waals surface area contributed by atoms with Crippen molar-refractivity contribution in [2.24, 2.45) is 5.10 Å². The molecule has 5 rings (SSSR count). The minimum absolute atomic E-state index is 0.0313. The van der Waals surface area contributed by atoms with E-state index in [9.17, 15) is 14.9 Å². The van der Waals surface area contributed by atoms with Gasteiger partial charge in [0.15, 0.2) is 5.69 Å². The monoisotopic (exact) mass is 509 g/mol. The van der Waals surface area contributed by atoms with Gasteiger partial charge in [0.2, 0.25) is 11.6 Å². The van der Waals surface area contributed by atoms with Crippen LogP contribution in [0.15, 0.2) is 88.6 Å². The van der Waals surface area contributed by atoms with Crippen LogP contribution in [0, 0.1) is 10.1 Å². The summed E-state index contributed by atoms with van der Waals surface area (Å²) in [5.74, 6) is -0.842. The van der Waals surface area contributed by atoms with Crippen molar-refractivity contribution in [3.05, 3.63) is 100 Å². The first-order chi connectivity index (χ1) is 18.4. The van der Waals surface area contributed by atoms with Crippen molar-refractivity contribution in [3.63, 3.8) is 0 Å². The number of amides is 1. The summed E-state index contributed by atoms with van der Waals surface area (Å²) in [5.41, 5.74) is 11.8. The number of nitro benzene ring substituents is 1. The number of carbonyl (C=O) groups excluding carboxylic acids is 1. The number of nitrogens with two attached hydrogens (primary N) is 1. The Bertz CT molecular complexity index is 1660. The summed E-state index contributed by atoms with van der Waals surface area (Å²) in [7, 11) is 0. The van der Waals surface area contributed by atoms with Crippen LogP contribution in [-0.2, 0) is 0 Å². The summed E-state index contributed by atoms with van der Waals surface area (Å²) >= 11 is 0. The average molecular weight is 509 g/mol. The number of anilines is 1. The van der Waals surface area contributed by atoms with E-state index in [4.69, 9.17) is 5.73 Å². The van der Waals surface area contributed by atoms with Crippen molar-refractivity contribution >= 4 is 23.1 Å². The summed E-state index contributed by atoms with van der Waals surface area (Å²) in [6, 6.07) is 23.3. The minimum atomic E-state index is -0.701. The molecule has 2 aromatic heterocycles. The fourth-order valence-electron chi connectivity index (χ4n) is 3.73. The molecule has 0 radical (unpaired) electrons. The predicted octanol–water partition coefficient (Wildman–Crippen LogP) is 3.63. The van der Waals surface area contributed by atoms with Gasteiger partial charge < -0.3 is 5.73 Å². The lowest BCUT2D eigenvalue weighted by atomic mass is 10.0. The molecule has 3 N–H and O–H groups in total. The van der Waals surface area contributed by atoms with Crippen molar-refractivity contribution in [1.29, 1.82) is 0 Å². The van der Waals surface area contributed by atoms with E-state index >= 15 is 0 Å². The van der Waals surface area contributed by atoms with Gasteiger partial charge in [-0.3, -0.25) is 14.9 Å². The van der Waals surface area contributed by atoms with Gasteiger partial charge in [0.05, 0.1) is 10.6 Å². The van der Waals surface area contributed by atoms with Crippen LogP contribution < -0.4 is 11.2 Å². The van der Waals surface area contributed by atoms with Crippen LogP contribution in [-0.4, -0.2) is 41.8 Å². The Labute approximate surface area is 214 Å². The van der Waals surface area contributed by atoms with Crippen LogP contribution in [0.5, 0.6) is 0 Å². The third kappa shape index (κ3) is 4.70. The molecule has 0 aliphatic carbocycles. The van der Waals surface area contributed by atoms with Gasteiger partial charge in [-0.05, 0) is 33.9 Å². The lowest BCUT2D eigenvalue weighted by Gasteiger charge is -2.07. The Kier molecular flexibility index (Phi) is 6.38. The number of nitrogen functional groups attached to an aromatic ring is 1. The first kappa shape index (κ1) is 24.0. The summed E-state index contributed by atoms with van der Waals surface area (Å²) in [5, 5.41) is 30.7. The number of non-ortho nitro benzene ring substituents is 1. The van der Waals surface area contributed by atoms with Crippen molar-refractivity contribution < 1.29 is 14.3 Å². The number of benzene rings is 3. The molecule has 5 aromatic rings. The van der Waals surface area contributed by atoms with Gasteiger partial charge in [-0.15, -0.1) is 5.10 Å². The maximum absolute atomic E-state index is 13.1.